The van der Waals surface area contributed by atoms with Crippen LogP contribution in [0, 0.1) is 5.82 Å². The molecular formula is C21H22FN3O2. The molecule has 0 bridgehead atoms. The van der Waals surface area contributed by atoms with E-state index >= 15 is 0 Å². The summed E-state index contributed by atoms with van der Waals surface area (Å²) in [4.78, 5) is 19.4. The fourth-order valence-corrected chi connectivity index (χ4v) is 3.69. The van der Waals surface area contributed by atoms with E-state index in [1.807, 2.05) is 36.4 Å². The molecule has 27 heavy (non-hydrogen) atoms. The first-order chi connectivity index (χ1) is 13.1. The van der Waals surface area contributed by atoms with Crippen LogP contribution in [0.4, 0.5) is 4.39 Å². The minimum atomic E-state index is -0.544. The SMILES string of the molecule is COc1ccc(C2=NC3(CCN(Cc4ccccc4F)CC3)NC2=O)cc1. The van der Waals surface area contributed by atoms with Crippen LogP contribution in [0.3, 0.4) is 0 Å². The van der Waals surface area contributed by atoms with Gasteiger partial charge in [-0.05, 0) is 30.3 Å². The van der Waals surface area contributed by atoms with Crippen molar-refractivity contribution in [1.82, 2.24) is 10.2 Å². The monoisotopic (exact) mass is 367 g/mol. The third-order valence-electron chi connectivity index (χ3n) is 5.29. The van der Waals surface area contributed by atoms with Gasteiger partial charge >= 0.3 is 0 Å². The number of likely N-dealkylation sites (tertiary alicyclic amines) is 1. The van der Waals surface area contributed by atoms with Crippen LogP contribution >= 0.6 is 0 Å². The van der Waals surface area contributed by atoms with Gasteiger partial charge in [0.25, 0.3) is 5.91 Å². The van der Waals surface area contributed by atoms with Gasteiger partial charge in [-0.15, -0.1) is 0 Å². The predicted octanol–water partition coefficient (Wildman–Crippen LogP) is 2.75. The van der Waals surface area contributed by atoms with Crippen LogP contribution in [-0.2, 0) is 11.3 Å². The van der Waals surface area contributed by atoms with Crippen molar-refractivity contribution in [3.8, 4) is 5.75 Å². The number of nitrogens with zero attached hydrogens (tertiary/aromatic N) is 2. The highest BCUT2D eigenvalue weighted by Crippen LogP contribution is 2.30. The smallest absolute Gasteiger partial charge is 0.272 e. The zero-order chi connectivity index (χ0) is 18.9. The van der Waals surface area contributed by atoms with Crippen LogP contribution < -0.4 is 10.1 Å². The lowest BCUT2D eigenvalue weighted by atomic mass is 9.97. The third kappa shape index (κ3) is 3.57. The van der Waals surface area contributed by atoms with E-state index < -0.39 is 5.66 Å². The summed E-state index contributed by atoms with van der Waals surface area (Å²) >= 11 is 0. The van der Waals surface area contributed by atoms with E-state index in [0.29, 0.717) is 30.7 Å². The number of nitrogens with one attached hydrogen (secondary N) is 1. The van der Waals surface area contributed by atoms with Crippen LogP contribution in [0.1, 0.15) is 24.0 Å². The maximum absolute atomic E-state index is 13.9. The number of hydrogen-bond acceptors (Lipinski definition) is 4. The molecule has 1 saturated heterocycles. The molecule has 1 amide bonds. The van der Waals surface area contributed by atoms with Gasteiger partial charge < -0.3 is 10.1 Å². The van der Waals surface area contributed by atoms with Gasteiger partial charge in [0, 0.05) is 43.6 Å². The molecule has 6 heteroatoms. The molecule has 2 aliphatic rings. The Morgan fingerprint density at radius 3 is 2.52 bits per heavy atom. The summed E-state index contributed by atoms with van der Waals surface area (Å²) in [6.07, 6.45) is 1.43. The average Bonchev–Trinajstić information content (AvgIpc) is 3.01. The Bertz CT molecular complexity index is 871. The van der Waals surface area contributed by atoms with Gasteiger partial charge in [0.05, 0.1) is 7.11 Å². The predicted molar refractivity (Wildman–Crippen MR) is 101 cm³/mol. The van der Waals surface area contributed by atoms with Crippen molar-refractivity contribution in [1.29, 1.82) is 0 Å². The molecule has 2 aliphatic heterocycles. The standard InChI is InChI=1S/C21H22FN3O2/c1-27-17-8-6-15(7-9-17)19-20(26)24-21(23-19)10-12-25(13-11-21)14-16-4-2-3-5-18(16)22/h2-9H,10-14H2,1H3,(H,24,26). The van der Waals surface area contributed by atoms with Gasteiger partial charge in [0.2, 0.25) is 0 Å². The minimum Gasteiger partial charge on any atom is -0.497 e. The Kier molecular flexibility index (Phi) is 4.66. The van der Waals surface area contributed by atoms with Crippen LogP contribution in [0.15, 0.2) is 53.5 Å². The summed E-state index contributed by atoms with van der Waals surface area (Å²) in [5.41, 5.74) is 1.42. The second-order valence-electron chi connectivity index (χ2n) is 7.04. The van der Waals surface area contributed by atoms with Gasteiger partial charge in [0.15, 0.2) is 0 Å². The van der Waals surface area contributed by atoms with E-state index in [9.17, 15) is 9.18 Å². The molecule has 1 fully saturated rings. The van der Waals surface area contributed by atoms with E-state index in [1.54, 1.807) is 13.2 Å². The zero-order valence-corrected chi connectivity index (χ0v) is 15.2. The molecule has 2 aromatic carbocycles. The first-order valence-corrected chi connectivity index (χ1v) is 9.11. The number of hydrogen-bond donors (Lipinski definition) is 1. The first kappa shape index (κ1) is 17.7. The molecule has 2 aromatic rings. The average molecular weight is 367 g/mol. The van der Waals surface area contributed by atoms with E-state index in [2.05, 4.69) is 10.2 Å². The molecule has 0 radical (unpaired) electrons. The Morgan fingerprint density at radius 1 is 1.15 bits per heavy atom. The number of amides is 1. The number of ether oxygens (including phenoxy) is 1. The van der Waals surface area contributed by atoms with Crippen molar-refractivity contribution in [2.45, 2.75) is 25.0 Å². The third-order valence-corrected chi connectivity index (χ3v) is 5.29. The number of methoxy groups -OCH3 is 1. The maximum Gasteiger partial charge on any atom is 0.272 e. The first-order valence-electron chi connectivity index (χ1n) is 9.11. The normalized spacial score (nSPS) is 19.0. The highest BCUT2D eigenvalue weighted by Gasteiger charge is 2.42. The fourth-order valence-electron chi connectivity index (χ4n) is 3.69. The van der Waals surface area contributed by atoms with Crippen molar-refractivity contribution in [3.05, 3.63) is 65.5 Å². The van der Waals surface area contributed by atoms with Crippen molar-refractivity contribution in [3.63, 3.8) is 0 Å². The van der Waals surface area contributed by atoms with Crippen LogP contribution in [0.25, 0.3) is 0 Å². The van der Waals surface area contributed by atoms with Crippen LogP contribution in [-0.4, -0.2) is 42.4 Å². The van der Waals surface area contributed by atoms with Crippen molar-refractivity contribution >= 4 is 11.6 Å². The number of benzene rings is 2. The molecule has 1 N–H and O–H groups in total. The molecular weight excluding hydrogens is 345 g/mol. The Hall–Kier alpha value is -2.73. The highest BCUT2D eigenvalue weighted by molar-refractivity contribution is 6.46. The molecule has 0 unspecified atom stereocenters. The number of carbonyl (C=O) groups excluding carboxylic acids is 1. The summed E-state index contributed by atoms with van der Waals surface area (Å²) in [7, 11) is 1.61. The Balaban J connectivity index is 1.45. The summed E-state index contributed by atoms with van der Waals surface area (Å²) in [5.74, 6) is 0.434. The number of carbonyl (C=O) groups is 1. The lowest BCUT2D eigenvalue weighted by Crippen LogP contribution is -2.50. The molecule has 140 valence electrons. The number of piperidine rings is 1. The van der Waals surface area contributed by atoms with Gasteiger partial charge in [-0.3, -0.25) is 14.7 Å². The van der Waals surface area contributed by atoms with Crippen molar-refractivity contribution in [2.75, 3.05) is 20.2 Å². The number of rotatable bonds is 4. The largest absolute Gasteiger partial charge is 0.497 e. The summed E-state index contributed by atoms with van der Waals surface area (Å²) in [6.45, 7) is 2.09. The molecule has 5 nitrogen and oxygen atoms in total. The Labute approximate surface area is 157 Å². The van der Waals surface area contributed by atoms with Gasteiger partial charge in [-0.25, -0.2) is 4.39 Å². The molecule has 4 rings (SSSR count). The van der Waals surface area contributed by atoms with E-state index in [4.69, 9.17) is 9.73 Å². The summed E-state index contributed by atoms with van der Waals surface area (Å²) in [5, 5.41) is 3.07. The number of halogens is 1. The molecule has 0 atom stereocenters. The molecule has 2 heterocycles. The van der Waals surface area contributed by atoms with Gasteiger partial charge in [0.1, 0.15) is 22.9 Å². The zero-order valence-electron chi connectivity index (χ0n) is 15.2. The van der Waals surface area contributed by atoms with E-state index in [0.717, 1.165) is 24.4 Å². The lowest BCUT2D eigenvalue weighted by molar-refractivity contribution is -0.115. The maximum atomic E-state index is 13.9. The summed E-state index contributed by atoms with van der Waals surface area (Å²) in [6, 6.07) is 14.2. The Morgan fingerprint density at radius 2 is 1.85 bits per heavy atom. The summed E-state index contributed by atoms with van der Waals surface area (Å²) < 4.78 is 19.0. The van der Waals surface area contributed by atoms with Crippen LogP contribution in [0.2, 0.25) is 0 Å². The van der Waals surface area contributed by atoms with E-state index in [1.165, 1.54) is 6.07 Å². The number of aliphatic imine (C=N–C) groups is 1. The van der Waals surface area contributed by atoms with Crippen molar-refractivity contribution < 1.29 is 13.9 Å². The van der Waals surface area contributed by atoms with Crippen LogP contribution in [0.5, 0.6) is 5.75 Å². The van der Waals surface area contributed by atoms with Crippen molar-refractivity contribution in [2.24, 2.45) is 4.99 Å². The molecule has 0 aromatic heterocycles. The molecule has 1 spiro atoms. The minimum absolute atomic E-state index is 0.136. The quantitative estimate of drug-likeness (QED) is 0.904. The van der Waals surface area contributed by atoms with Gasteiger partial charge in [-0.2, -0.15) is 0 Å². The van der Waals surface area contributed by atoms with E-state index in [-0.39, 0.29) is 11.7 Å². The molecule has 0 saturated carbocycles. The second kappa shape index (κ2) is 7.12. The van der Waals surface area contributed by atoms with Gasteiger partial charge in [-0.1, -0.05) is 18.2 Å². The highest BCUT2D eigenvalue weighted by atomic mass is 19.1. The fraction of sp³-hybridized carbons (Fsp3) is 0.333. The topological polar surface area (TPSA) is 53.9 Å². The lowest BCUT2D eigenvalue weighted by Gasteiger charge is -2.37. The molecule has 0 aliphatic carbocycles. The second-order valence-corrected chi connectivity index (χ2v) is 7.04.